The van der Waals surface area contributed by atoms with Crippen LogP contribution in [0, 0.1) is 0 Å². The van der Waals surface area contributed by atoms with E-state index in [1.54, 1.807) is 19.5 Å². The van der Waals surface area contributed by atoms with E-state index in [0.717, 1.165) is 28.7 Å². The number of rotatable bonds is 7. The summed E-state index contributed by atoms with van der Waals surface area (Å²) in [5.74, 6) is 1.01. The maximum absolute atomic E-state index is 12.4. The predicted molar refractivity (Wildman–Crippen MR) is 133 cm³/mol. The number of nitrogens with zero attached hydrogens (tertiary/aromatic N) is 4. The highest BCUT2D eigenvalue weighted by Crippen LogP contribution is 2.40. The Bertz CT molecular complexity index is 1530. The predicted octanol–water partition coefficient (Wildman–Crippen LogP) is 3.94. The van der Waals surface area contributed by atoms with Gasteiger partial charge in [-0.1, -0.05) is 72.8 Å². The van der Waals surface area contributed by atoms with E-state index >= 15 is 0 Å². The van der Waals surface area contributed by atoms with Crippen molar-refractivity contribution in [2.24, 2.45) is 0 Å². The molecule has 0 bridgehead atoms. The first kappa shape index (κ1) is 22.5. The van der Waals surface area contributed by atoms with Crippen LogP contribution >= 0.6 is 0 Å². The molecule has 2 heterocycles. The Morgan fingerprint density at radius 3 is 1.97 bits per heavy atom. The zero-order valence-electron chi connectivity index (χ0n) is 19.2. The summed E-state index contributed by atoms with van der Waals surface area (Å²) in [6.07, 6.45) is 4.23. The molecule has 0 aliphatic rings. The van der Waals surface area contributed by atoms with E-state index in [-0.39, 0.29) is 11.0 Å². The van der Waals surface area contributed by atoms with Crippen molar-refractivity contribution in [2.75, 3.05) is 18.7 Å². The topological polar surface area (TPSA) is 98.5 Å². The van der Waals surface area contributed by atoms with E-state index < -0.39 is 15.4 Å². The largest absolute Gasteiger partial charge is 0.497 e. The lowest BCUT2D eigenvalue weighted by Gasteiger charge is -2.37. The number of fused-ring (bicyclic) bond motifs is 1. The lowest BCUT2D eigenvalue weighted by molar-refractivity contribution is 0.414. The van der Waals surface area contributed by atoms with Crippen LogP contribution in [0.15, 0.2) is 102 Å². The molecule has 5 rings (SSSR count). The first-order valence-electron chi connectivity index (χ1n) is 10.9. The molecule has 8 nitrogen and oxygen atoms in total. The SMILES string of the molecule is COc1ccc(C(Nc2nc(S(C)(=O)=O)nn3ccnc23)(c2ccccc2)c2ccccc2)cc1. The third-order valence-electron chi connectivity index (χ3n) is 5.81. The van der Waals surface area contributed by atoms with Crippen LogP contribution in [0.25, 0.3) is 5.65 Å². The number of ether oxygens (including phenoxy) is 1. The molecule has 176 valence electrons. The van der Waals surface area contributed by atoms with E-state index in [0.29, 0.717) is 5.65 Å². The molecule has 0 spiro atoms. The molecule has 0 unspecified atom stereocenters. The standard InChI is InChI=1S/C26H23N5O3S/c1-34-22-15-13-21(14-16-22)26(19-9-5-3-6-10-19,20-11-7-4-8-12-20)29-23-24-27-17-18-31(24)30-25(28-23)35(2,32)33/h3-18H,1-2H3,(H,28,29,30). The second-order valence-electron chi connectivity index (χ2n) is 8.05. The van der Waals surface area contributed by atoms with Gasteiger partial charge in [-0.25, -0.2) is 17.9 Å². The summed E-state index contributed by atoms with van der Waals surface area (Å²) in [4.78, 5) is 8.82. The van der Waals surface area contributed by atoms with E-state index in [1.807, 2.05) is 84.9 Å². The van der Waals surface area contributed by atoms with Crippen LogP contribution in [0.4, 0.5) is 5.82 Å². The van der Waals surface area contributed by atoms with Gasteiger partial charge < -0.3 is 10.1 Å². The highest BCUT2D eigenvalue weighted by Gasteiger charge is 2.38. The Labute approximate surface area is 203 Å². The van der Waals surface area contributed by atoms with Crippen molar-refractivity contribution in [3.05, 3.63) is 114 Å². The second kappa shape index (κ2) is 8.84. The van der Waals surface area contributed by atoms with E-state index in [1.165, 1.54) is 4.52 Å². The molecule has 0 fully saturated rings. The van der Waals surface area contributed by atoms with Crippen molar-refractivity contribution >= 4 is 21.3 Å². The minimum Gasteiger partial charge on any atom is -0.497 e. The molecular weight excluding hydrogens is 462 g/mol. The van der Waals surface area contributed by atoms with E-state index in [4.69, 9.17) is 4.74 Å². The summed E-state index contributed by atoms with van der Waals surface area (Å²) in [6.45, 7) is 0. The third kappa shape index (κ3) is 4.10. The molecule has 9 heteroatoms. The fourth-order valence-electron chi connectivity index (χ4n) is 4.16. The van der Waals surface area contributed by atoms with Crippen LogP contribution in [0.2, 0.25) is 0 Å². The molecule has 0 radical (unpaired) electrons. The lowest BCUT2D eigenvalue weighted by Crippen LogP contribution is -2.38. The molecular formula is C26H23N5O3S. The number of benzene rings is 3. The Kier molecular flexibility index (Phi) is 5.70. The van der Waals surface area contributed by atoms with Gasteiger partial charge in [-0.05, 0) is 28.8 Å². The fourth-order valence-corrected chi connectivity index (χ4v) is 4.65. The van der Waals surface area contributed by atoms with E-state index in [9.17, 15) is 8.42 Å². The average molecular weight is 486 g/mol. The number of imidazole rings is 1. The summed E-state index contributed by atoms with van der Waals surface area (Å²) >= 11 is 0. The van der Waals surface area contributed by atoms with Crippen molar-refractivity contribution < 1.29 is 13.2 Å². The Hall–Kier alpha value is -4.24. The summed E-state index contributed by atoms with van der Waals surface area (Å²) in [7, 11) is -2.06. The molecule has 3 aromatic carbocycles. The number of anilines is 1. The number of aromatic nitrogens is 4. The van der Waals surface area contributed by atoms with Crippen molar-refractivity contribution in [3.63, 3.8) is 0 Å². The van der Waals surface area contributed by atoms with Crippen molar-refractivity contribution in [1.29, 1.82) is 0 Å². The van der Waals surface area contributed by atoms with Crippen LogP contribution in [-0.4, -0.2) is 41.4 Å². The van der Waals surface area contributed by atoms with Gasteiger partial charge in [0.05, 0.1) is 7.11 Å². The number of hydrogen-bond donors (Lipinski definition) is 1. The molecule has 0 saturated carbocycles. The molecule has 35 heavy (non-hydrogen) atoms. The Morgan fingerprint density at radius 2 is 1.43 bits per heavy atom. The lowest BCUT2D eigenvalue weighted by atomic mass is 9.77. The summed E-state index contributed by atoms with van der Waals surface area (Å²) in [5.41, 5.74) is 2.23. The van der Waals surface area contributed by atoms with Crippen LogP contribution in [0.1, 0.15) is 16.7 Å². The molecule has 0 saturated heterocycles. The van der Waals surface area contributed by atoms with Gasteiger partial charge in [-0.3, -0.25) is 0 Å². The zero-order chi connectivity index (χ0) is 24.5. The maximum atomic E-state index is 12.4. The monoisotopic (exact) mass is 485 g/mol. The molecule has 2 aromatic heterocycles. The summed E-state index contributed by atoms with van der Waals surface area (Å²) in [6, 6.07) is 27.6. The van der Waals surface area contributed by atoms with Crippen molar-refractivity contribution in [2.45, 2.75) is 10.7 Å². The van der Waals surface area contributed by atoms with Gasteiger partial charge in [0.2, 0.25) is 9.84 Å². The number of nitrogens with one attached hydrogen (secondary N) is 1. The van der Waals surface area contributed by atoms with E-state index in [2.05, 4.69) is 20.4 Å². The highest BCUT2D eigenvalue weighted by atomic mass is 32.2. The fraction of sp³-hybridized carbons (Fsp3) is 0.115. The molecule has 0 atom stereocenters. The Morgan fingerprint density at radius 1 is 0.857 bits per heavy atom. The van der Waals surface area contributed by atoms with Gasteiger partial charge in [0, 0.05) is 18.6 Å². The first-order valence-corrected chi connectivity index (χ1v) is 12.8. The van der Waals surface area contributed by atoms with Gasteiger partial charge in [0.15, 0.2) is 11.5 Å². The smallest absolute Gasteiger partial charge is 0.267 e. The molecule has 0 amide bonds. The molecule has 0 aliphatic heterocycles. The van der Waals surface area contributed by atoms with Crippen LogP contribution in [0.5, 0.6) is 5.75 Å². The summed E-state index contributed by atoms with van der Waals surface area (Å²) < 4.78 is 31.6. The minimum absolute atomic E-state index is 0.286. The second-order valence-corrected chi connectivity index (χ2v) is 9.96. The number of sulfone groups is 1. The minimum atomic E-state index is -3.68. The quantitative estimate of drug-likeness (QED) is 0.349. The first-order chi connectivity index (χ1) is 16.9. The molecule has 1 N–H and O–H groups in total. The highest BCUT2D eigenvalue weighted by molar-refractivity contribution is 7.90. The normalized spacial score (nSPS) is 11.9. The van der Waals surface area contributed by atoms with Gasteiger partial charge in [-0.15, -0.1) is 5.10 Å². The molecule has 0 aliphatic carbocycles. The van der Waals surface area contributed by atoms with Crippen molar-refractivity contribution in [1.82, 2.24) is 19.6 Å². The molecule has 5 aromatic rings. The van der Waals surface area contributed by atoms with Crippen molar-refractivity contribution in [3.8, 4) is 5.75 Å². The van der Waals surface area contributed by atoms with Crippen LogP contribution < -0.4 is 10.1 Å². The van der Waals surface area contributed by atoms with Gasteiger partial charge in [-0.2, -0.15) is 4.98 Å². The van der Waals surface area contributed by atoms with Gasteiger partial charge in [0.1, 0.15) is 11.3 Å². The van der Waals surface area contributed by atoms with Gasteiger partial charge in [0.25, 0.3) is 5.16 Å². The average Bonchev–Trinajstić information content (AvgIpc) is 3.37. The van der Waals surface area contributed by atoms with Gasteiger partial charge >= 0.3 is 0 Å². The Balaban J connectivity index is 1.83. The van der Waals surface area contributed by atoms with Crippen LogP contribution in [-0.2, 0) is 15.4 Å². The maximum Gasteiger partial charge on any atom is 0.267 e. The summed E-state index contributed by atoms with van der Waals surface area (Å²) in [5, 5.41) is 7.42. The number of hydrogen-bond acceptors (Lipinski definition) is 7. The number of methoxy groups -OCH3 is 1. The zero-order valence-corrected chi connectivity index (χ0v) is 20.0. The third-order valence-corrected chi connectivity index (χ3v) is 6.64. The van der Waals surface area contributed by atoms with Crippen LogP contribution in [0.3, 0.4) is 0 Å².